The third-order valence-corrected chi connectivity index (χ3v) is 6.83. The maximum absolute atomic E-state index is 10.4. The van der Waals surface area contributed by atoms with Crippen molar-refractivity contribution in [1.82, 2.24) is 5.32 Å². The first-order valence-electron chi connectivity index (χ1n) is 13.7. The highest BCUT2D eigenvalue weighted by atomic mass is 32.1. The molecule has 204 valence electrons. The summed E-state index contributed by atoms with van der Waals surface area (Å²) < 4.78 is 1.24. The molecular formula is C34H46N2OS. The van der Waals surface area contributed by atoms with E-state index in [2.05, 4.69) is 74.3 Å². The molecule has 0 amide bonds. The molecule has 2 N–H and O–H groups in total. The SMILES string of the molecule is C=C(NCCC(/C=C\C)=C/C)/C(=C(/C)N=C(CC)c1ccccc1O)c1cc2ccccc2s1.CC.CC. The zero-order valence-corrected chi connectivity index (χ0v) is 25.4. The third-order valence-electron chi connectivity index (χ3n) is 5.69. The Bertz CT molecular complexity index is 1240. The molecule has 38 heavy (non-hydrogen) atoms. The quantitative estimate of drug-likeness (QED) is 0.202. The van der Waals surface area contributed by atoms with E-state index in [0.717, 1.165) is 46.1 Å². The van der Waals surface area contributed by atoms with Gasteiger partial charge in [0, 0.05) is 38.7 Å². The normalized spacial score (nSPS) is 12.3. The van der Waals surface area contributed by atoms with E-state index in [1.54, 1.807) is 17.4 Å². The molecule has 0 saturated carbocycles. The van der Waals surface area contributed by atoms with E-state index in [9.17, 15) is 5.11 Å². The molecule has 0 fully saturated rings. The van der Waals surface area contributed by atoms with E-state index in [4.69, 9.17) is 4.99 Å². The van der Waals surface area contributed by atoms with Crippen LogP contribution < -0.4 is 5.32 Å². The first kappa shape index (κ1) is 32.7. The van der Waals surface area contributed by atoms with Gasteiger partial charge in [-0.15, -0.1) is 11.3 Å². The molecule has 4 heteroatoms. The number of phenolic OH excluding ortho intramolecular Hbond substituents is 1. The minimum Gasteiger partial charge on any atom is -0.507 e. The Morgan fingerprint density at radius 3 is 2.29 bits per heavy atom. The largest absolute Gasteiger partial charge is 0.507 e. The Labute approximate surface area is 235 Å². The second kappa shape index (κ2) is 18.0. The fourth-order valence-electron chi connectivity index (χ4n) is 3.94. The molecule has 0 aliphatic heterocycles. The number of nitrogens with one attached hydrogen (secondary N) is 1. The number of hydrogen-bond donors (Lipinski definition) is 2. The highest BCUT2D eigenvalue weighted by Gasteiger charge is 2.15. The molecule has 1 heterocycles. The molecule has 2 aromatic carbocycles. The molecule has 0 bridgehead atoms. The van der Waals surface area contributed by atoms with Gasteiger partial charge in [0.05, 0.1) is 5.71 Å². The van der Waals surface area contributed by atoms with Crippen LogP contribution in [0.25, 0.3) is 15.7 Å². The molecule has 0 unspecified atom stereocenters. The van der Waals surface area contributed by atoms with Crippen LogP contribution in [0.15, 0.2) is 101 Å². The third kappa shape index (κ3) is 9.18. The minimum atomic E-state index is 0.249. The van der Waals surface area contributed by atoms with Crippen LogP contribution in [0.3, 0.4) is 0 Å². The van der Waals surface area contributed by atoms with Crippen LogP contribution in [0.2, 0.25) is 0 Å². The number of aliphatic imine (C=N–C) groups is 1. The number of rotatable bonds is 10. The topological polar surface area (TPSA) is 44.6 Å². The molecule has 0 spiro atoms. The van der Waals surface area contributed by atoms with Crippen molar-refractivity contribution in [1.29, 1.82) is 0 Å². The standard InChI is InChI=1S/C30H34N2OS.2C2H6/c1-6-13-23(7-2)18-19-31-21(4)30(29-20-24-14-9-12-17-28(24)34-29)22(5)32-26(8-3)25-15-10-11-16-27(25)33;2*1-2/h6-7,9-17,20,31,33H,4,8,18-19H2,1-3,5H3;2*1-2H3/b13-6-,23-7+,30-22+,32-26?;;. The molecular weight excluding hydrogens is 484 g/mol. The average molecular weight is 531 g/mol. The lowest BCUT2D eigenvalue weighted by molar-refractivity contribution is 0.474. The lowest BCUT2D eigenvalue weighted by atomic mass is 10.1. The van der Waals surface area contributed by atoms with Gasteiger partial charge < -0.3 is 10.4 Å². The van der Waals surface area contributed by atoms with Crippen molar-refractivity contribution in [2.45, 2.75) is 68.2 Å². The first-order valence-corrected chi connectivity index (χ1v) is 14.6. The summed E-state index contributed by atoms with van der Waals surface area (Å²) in [7, 11) is 0. The Balaban J connectivity index is 0.00000172. The van der Waals surface area contributed by atoms with Crippen molar-refractivity contribution in [3.05, 3.63) is 107 Å². The summed E-state index contributed by atoms with van der Waals surface area (Å²) in [6, 6.07) is 18.0. The summed E-state index contributed by atoms with van der Waals surface area (Å²) in [5.74, 6) is 0.249. The van der Waals surface area contributed by atoms with Crippen molar-refractivity contribution >= 4 is 32.7 Å². The van der Waals surface area contributed by atoms with E-state index < -0.39 is 0 Å². The molecule has 0 aliphatic carbocycles. The number of aromatic hydroxyl groups is 1. The zero-order valence-electron chi connectivity index (χ0n) is 24.6. The van der Waals surface area contributed by atoms with Crippen LogP contribution >= 0.6 is 11.3 Å². The van der Waals surface area contributed by atoms with Crippen molar-refractivity contribution in [2.75, 3.05) is 6.54 Å². The molecule has 0 saturated heterocycles. The Kier molecular flexibility index (Phi) is 15.4. The fraction of sp³-hybridized carbons (Fsp3) is 0.324. The minimum absolute atomic E-state index is 0.249. The van der Waals surface area contributed by atoms with Gasteiger partial charge in [-0.05, 0) is 63.3 Å². The first-order chi connectivity index (χ1) is 18.5. The zero-order chi connectivity index (χ0) is 28.5. The summed E-state index contributed by atoms with van der Waals surface area (Å²) in [6.07, 6.45) is 7.98. The van der Waals surface area contributed by atoms with Crippen LogP contribution in [0.5, 0.6) is 5.75 Å². The second-order valence-corrected chi connectivity index (χ2v) is 9.14. The summed E-state index contributed by atoms with van der Waals surface area (Å²) in [6.45, 7) is 21.4. The molecule has 3 aromatic rings. The van der Waals surface area contributed by atoms with Gasteiger partial charge in [-0.25, -0.2) is 0 Å². The Morgan fingerprint density at radius 2 is 1.68 bits per heavy atom. The van der Waals surface area contributed by atoms with E-state index >= 15 is 0 Å². The van der Waals surface area contributed by atoms with E-state index in [1.807, 2.05) is 59.7 Å². The fourth-order valence-corrected chi connectivity index (χ4v) is 5.13. The number of hydrogen-bond acceptors (Lipinski definition) is 4. The van der Waals surface area contributed by atoms with Crippen molar-refractivity contribution < 1.29 is 5.11 Å². The van der Waals surface area contributed by atoms with Crippen LogP contribution in [0.4, 0.5) is 0 Å². The molecule has 0 aliphatic rings. The number of allylic oxidation sites excluding steroid dienone is 5. The number of fused-ring (bicyclic) bond motifs is 1. The van der Waals surface area contributed by atoms with Crippen LogP contribution in [0, 0.1) is 0 Å². The summed E-state index contributed by atoms with van der Waals surface area (Å²) in [5, 5.41) is 15.1. The van der Waals surface area contributed by atoms with Crippen LogP contribution in [-0.4, -0.2) is 17.4 Å². The van der Waals surface area contributed by atoms with Crippen LogP contribution in [-0.2, 0) is 0 Å². The van der Waals surface area contributed by atoms with Gasteiger partial charge in [0.2, 0.25) is 0 Å². The van der Waals surface area contributed by atoms with Crippen LogP contribution in [0.1, 0.15) is 78.7 Å². The van der Waals surface area contributed by atoms with E-state index in [1.165, 1.54) is 15.7 Å². The van der Waals surface area contributed by atoms with Gasteiger partial charge >= 0.3 is 0 Å². The maximum Gasteiger partial charge on any atom is 0.124 e. The molecule has 0 atom stereocenters. The summed E-state index contributed by atoms with van der Waals surface area (Å²) >= 11 is 1.75. The predicted octanol–water partition coefficient (Wildman–Crippen LogP) is 10.3. The van der Waals surface area contributed by atoms with Crippen molar-refractivity contribution in [3.8, 4) is 5.75 Å². The van der Waals surface area contributed by atoms with Gasteiger partial charge in [0.15, 0.2) is 0 Å². The number of benzene rings is 2. The van der Waals surface area contributed by atoms with Crippen molar-refractivity contribution in [2.24, 2.45) is 4.99 Å². The molecule has 3 rings (SSSR count). The van der Waals surface area contributed by atoms with E-state index in [0.29, 0.717) is 6.42 Å². The average Bonchev–Trinajstić information content (AvgIpc) is 3.37. The lowest BCUT2D eigenvalue weighted by Gasteiger charge is -2.15. The summed E-state index contributed by atoms with van der Waals surface area (Å²) in [4.78, 5) is 6.13. The number of thiophene rings is 1. The smallest absolute Gasteiger partial charge is 0.124 e. The molecule has 3 nitrogen and oxygen atoms in total. The lowest BCUT2D eigenvalue weighted by Crippen LogP contribution is -2.16. The number of phenols is 1. The molecule has 1 aromatic heterocycles. The Morgan fingerprint density at radius 1 is 1.03 bits per heavy atom. The van der Waals surface area contributed by atoms with Gasteiger partial charge in [-0.2, -0.15) is 0 Å². The number of nitrogens with zero attached hydrogens (tertiary/aromatic N) is 1. The van der Waals surface area contributed by atoms with Gasteiger partial charge in [0.25, 0.3) is 0 Å². The van der Waals surface area contributed by atoms with Gasteiger partial charge in [-0.1, -0.05) is 95.3 Å². The highest BCUT2D eigenvalue weighted by Crippen LogP contribution is 2.35. The monoisotopic (exact) mass is 530 g/mol. The molecule has 0 radical (unpaired) electrons. The van der Waals surface area contributed by atoms with Gasteiger partial charge in [0.1, 0.15) is 5.75 Å². The highest BCUT2D eigenvalue weighted by molar-refractivity contribution is 7.20. The second-order valence-electron chi connectivity index (χ2n) is 8.06. The maximum atomic E-state index is 10.4. The summed E-state index contributed by atoms with van der Waals surface area (Å²) in [5.41, 5.74) is 5.66. The Hall–Kier alpha value is -3.37. The van der Waals surface area contributed by atoms with E-state index in [-0.39, 0.29) is 5.75 Å². The number of para-hydroxylation sites is 1. The predicted molar refractivity (Wildman–Crippen MR) is 172 cm³/mol. The van der Waals surface area contributed by atoms with Gasteiger partial charge in [-0.3, -0.25) is 4.99 Å². The van der Waals surface area contributed by atoms with Crippen molar-refractivity contribution in [3.63, 3.8) is 0 Å².